The third-order valence-corrected chi connectivity index (χ3v) is 6.22. The van der Waals surface area contributed by atoms with Crippen molar-refractivity contribution in [1.82, 2.24) is 0 Å². The van der Waals surface area contributed by atoms with Crippen molar-refractivity contribution in [2.24, 2.45) is 11.7 Å². The first-order valence-electron chi connectivity index (χ1n) is 9.09. The molecule has 4 N–H and O–H groups in total. The van der Waals surface area contributed by atoms with Crippen LogP contribution in [0.4, 0.5) is 11.4 Å². The molecule has 0 radical (unpaired) electrons. The van der Waals surface area contributed by atoms with Crippen LogP contribution < -0.4 is 15.8 Å². The molecule has 152 valence electrons. The fourth-order valence-corrected chi connectivity index (χ4v) is 4.32. The third-order valence-electron chi connectivity index (χ3n) is 4.82. The second kappa shape index (κ2) is 9.41. The zero-order valence-corrected chi connectivity index (χ0v) is 17.4. The normalized spacial score (nSPS) is 19.4. The first-order chi connectivity index (χ1) is 12.8. The number of aryl methyl sites for hydroxylation is 1. The summed E-state index contributed by atoms with van der Waals surface area (Å²) < 4.78 is 27.4. The molecule has 3 rings (SSSR count). The van der Waals surface area contributed by atoms with Crippen LogP contribution in [0.5, 0.6) is 0 Å². The van der Waals surface area contributed by atoms with E-state index < -0.39 is 10.0 Å². The molecule has 28 heavy (non-hydrogen) atoms. The van der Waals surface area contributed by atoms with Crippen molar-refractivity contribution in [1.29, 1.82) is 0 Å². The Balaban J connectivity index is 0.00000280. The Morgan fingerprint density at radius 1 is 1.00 bits per heavy atom. The van der Waals surface area contributed by atoms with E-state index in [4.69, 9.17) is 5.73 Å². The average Bonchev–Trinajstić information content (AvgIpc) is 2.63. The molecular formula is C20H26ClN3O3S. The molecule has 2 aromatic carbocycles. The first-order valence-corrected chi connectivity index (χ1v) is 10.6. The summed E-state index contributed by atoms with van der Waals surface area (Å²) in [5.41, 5.74) is 8.01. The highest BCUT2D eigenvalue weighted by Gasteiger charge is 2.25. The van der Waals surface area contributed by atoms with E-state index in [2.05, 4.69) is 10.0 Å². The van der Waals surface area contributed by atoms with Gasteiger partial charge in [-0.05, 0) is 62.6 Å². The van der Waals surface area contributed by atoms with E-state index in [1.54, 1.807) is 48.5 Å². The van der Waals surface area contributed by atoms with Gasteiger partial charge in [0.2, 0.25) is 5.91 Å². The van der Waals surface area contributed by atoms with E-state index in [1.807, 2.05) is 6.92 Å². The number of nitrogens with one attached hydrogen (secondary N) is 2. The second-order valence-corrected chi connectivity index (χ2v) is 8.79. The number of anilines is 2. The minimum atomic E-state index is -3.64. The van der Waals surface area contributed by atoms with Crippen LogP contribution in [0.3, 0.4) is 0 Å². The van der Waals surface area contributed by atoms with Gasteiger partial charge in [0.1, 0.15) is 0 Å². The van der Waals surface area contributed by atoms with Crippen molar-refractivity contribution in [3.05, 3.63) is 54.1 Å². The van der Waals surface area contributed by atoms with Crippen LogP contribution in [0.25, 0.3) is 0 Å². The van der Waals surface area contributed by atoms with Crippen LogP contribution in [-0.2, 0) is 14.8 Å². The SMILES string of the molecule is Cc1ccc(S(=O)(=O)Nc2ccc(NC(=O)C3CCCC(N)C3)cc2)cc1.Cl. The van der Waals surface area contributed by atoms with Crippen LogP contribution in [0.1, 0.15) is 31.2 Å². The number of carbonyl (C=O) groups excluding carboxylic acids is 1. The Hall–Kier alpha value is -2.09. The fourth-order valence-electron chi connectivity index (χ4n) is 3.26. The number of carbonyl (C=O) groups is 1. The highest BCUT2D eigenvalue weighted by molar-refractivity contribution is 7.92. The zero-order chi connectivity index (χ0) is 19.4. The Morgan fingerprint density at radius 3 is 2.21 bits per heavy atom. The molecule has 0 saturated heterocycles. The summed E-state index contributed by atoms with van der Waals surface area (Å²) in [5.74, 6) is -0.0911. The molecule has 1 fully saturated rings. The molecule has 0 aromatic heterocycles. The zero-order valence-electron chi connectivity index (χ0n) is 15.7. The number of hydrogen-bond donors (Lipinski definition) is 3. The standard InChI is InChI=1S/C20H25N3O3S.ClH/c1-14-5-11-19(12-6-14)27(25,26)23-18-9-7-17(8-10-18)22-20(24)15-3-2-4-16(21)13-15;/h5-12,15-16,23H,2-4,13,21H2,1H3,(H,22,24);1H. The highest BCUT2D eigenvalue weighted by atomic mass is 35.5. The van der Waals surface area contributed by atoms with Crippen LogP contribution in [-0.4, -0.2) is 20.4 Å². The average molecular weight is 424 g/mol. The Labute approximate surface area is 172 Å². The van der Waals surface area contributed by atoms with Gasteiger partial charge in [-0.15, -0.1) is 12.4 Å². The molecule has 1 saturated carbocycles. The summed E-state index contributed by atoms with van der Waals surface area (Å²) in [4.78, 5) is 12.6. The van der Waals surface area contributed by atoms with E-state index in [0.717, 1.165) is 24.8 Å². The van der Waals surface area contributed by atoms with Crippen LogP contribution in [0.15, 0.2) is 53.4 Å². The predicted octanol–water partition coefficient (Wildman–Crippen LogP) is 3.67. The van der Waals surface area contributed by atoms with Crippen LogP contribution in [0, 0.1) is 12.8 Å². The number of sulfonamides is 1. The van der Waals surface area contributed by atoms with Crippen molar-refractivity contribution in [2.75, 3.05) is 10.0 Å². The summed E-state index contributed by atoms with van der Waals surface area (Å²) in [6.45, 7) is 1.90. The van der Waals surface area contributed by atoms with Gasteiger partial charge in [-0.3, -0.25) is 9.52 Å². The van der Waals surface area contributed by atoms with E-state index >= 15 is 0 Å². The van der Waals surface area contributed by atoms with Gasteiger partial charge in [-0.25, -0.2) is 8.42 Å². The molecule has 2 unspecified atom stereocenters. The molecule has 2 aromatic rings. The number of halogens is 1. The number of amides is 1. The van der Waals surface area contributed by atoms with E-state index in [1.165, 1.54) is 0 Å². The first kappa shape index (κ1) is 22.2. The lowest BCUT2D eigenvalue weighted by molar-refractivity contribution is -0.120. The fraction of sp³-hybridized carbons (Fsp3) is 0.350. The number of benzene rings is 2. The van der Waals surface area contributed by atoms with Crippen LogP contribution >= 0.6 is 12.4 Å². The smallest absolute Gasteiger partial charge is 0.261 e. The third kappa shape index (κ3) is 5.70. The summed E-state index contributed by atoms with van der Waals surface area (Å²) in [6.07, 6.45) is 3.51. The van der Waals surface area contributed by atoms with Gasteiger partial charge in [0.15, 0.2) is 0 Å². The van der Waals surface area contributed by atoms with Gasteiger partial charge in [-0.2, -0.15) is 0 Å². The number of rotatable bonds is 5. The van der Waals surface area contributed by atoms with E-state index in [9.17, 15) is 13.2 Å². The molecular weight excluding hydrogens is 398 g/mol. The Morgan fingerprint density at radius 2 is 1.61 bits per heavy atom. The summed E-state index contributed by atoms with van der Waals surface area (Å²) in [7, 11) is -3.64. The highest BCUT2D eigenvalue weighted by Crippen LogP contribution is 2.25. The van der Waals surface area contributed by atoms with Gasteiger partial charge in [0.05, 0.1) is 4.90 Å². The molecule has 6 nitrogen and oxygen atoms in total. The van der Waals surface area contributed by atoms with E-state index in [0.29, 0.717) is 17.8 Å². The lowest BCUT2D eigenvalue weighted by Gasteiger charge is -2.25. The van der Waals surface area contributed by atoms with Gasteiger partial charge in [-0.1, -0.05) is 24.1 Å². The Bertz CT molecular complexity index is 899. The number of hydrogen-bond acceptors (Lipinski definition) is 4. The van der Waals surface area contributed by atoms with E-state index in [-0.39, 0.29) is 35.2 Å². The predicted molar refractivity (Wildman–Crippen MR) is 114 cm³/mol. The molecule has 1 amide bonds. The lowest BCUT2D eigenvalue weighted by Crippen LogP contribution is -2.34. The molecule has 0 aliphatic heterocycles. The van der Waals surface area contributed by atoms with Crippen molar-refractivity contribution in [2.45, 2.75) is 43.5 Å². The molecule has 1 aliphatic rings. The molecule has 8 heteroatoms. The maximum Gasteiger partial charge on any atom is 0.261 e. The van der Waals surface area contributed by atoms with Gasteiger partial charge in [0.25, 0.3) is 10.0 Å². The Kier molecular flexibility index (Phi) is 7.46. The van der Waals surface area contributed by atoms with Gasteiger partial charge >= 0.3 is 0 Å². The largest absolute Gasteiger partial charge is 0.328 e. The maximum atomic E-state index is 12.4. The monoisotopic (exact) mass is 423 g/mol. The topological polar surface area (TPSA) is 101 Å². The molecule has 0 bridgehead atoms. The second-order valence-electron chi connectivity index (χ2n) is 7.11. The summed E-state index contributed by atoms with van der Waals surface area (Å²) in [6, 6.07) is 13.4. The minimum absolute atomic E-state index is 0. The van der Waals surface area contributed by atoms with Crippen molar-refractivity contribution in [3.63, 3.8) is 0 Å². The van der Waals surface area contributed by atoms with Crippen LogP contribution in [0.2, 0.25) is 0 Å². The van der Waals surface area contributed by atoms with Gasteiger partial charge in [0, 0.05) is 23.3 Å². The molecule has 2 atom stereocenters. The summed E-state index contributed by atoms with van der Waals surface area (Å²) >= 11 is 0. The molecule has 0 heterocycles. The van der Waals surface area contributed by atoms with Crippen molar-refractivity contribution < 1.29 is 13.2 Å². The van der Waals surface area contributed by atoms with Gasteiger partial charge < -0.3 is 11.1 Å². The van der Waals surface area contributed by atoms with Crippen molar-refractivity contribution in [3.8, 4) is 0 Å². The maximum absolute atomic E-state index is 12.4. The molecule has 1 aliphatic carbocycles. The summed E-state index contributed by atoms with van der Waals surface area (Å²) in [5, 5.41) is 2.89. The van der Waals surface area contributed by atoms with Crippen molar-refractivity contribution >= 4 is 39.7 Å². The number of nitrogens with two attached hydrogens (primary N) is 1. The quantitative estimate of drug-likeness (QED) is 0.682. The minimum Gasteiger partial charge on any atom is -0.328 e. The lowest BCUT2D eigenvalue weighted by atomic mass is 9.85. The molecule has 0 spiro atoms.